The third-order valence-electron chi connectivity index (χ3n) is 4.59. The zero-order valence-electron chi connectivity index (χ0n) is 12.9. The van der Waals surface area contributed by atoms with E-state index < -0.39 is 0 Å². The summed E-state index contributed by atoms with van der Waals surface area (Å²) in [6.07, 6.45) is 4.65. The molecule has 0 saturated carbocycles. The van der Waals surface area contributed by atoms with E-state index in [2.05, 4.69) is 11.1 Å². The predicted molar refractivity (Wildman–Crippen MR) is 91.7 cm³/mol. The summed E-state index contributed by atoms with van der Waals surface area (Å²) in [6, 6.07) is 14.2. The fraction of sp³-hybridized carbons (Fsp3) is 0.150. The molecule has 0 unspecified atom stereocenters. The number of hydrogen-bond donors (Lipinski definition) is 1. The van der Waals surface area contributed by atoms with Crippen molar-refractivity contribution in [1.29, 1.82) is 0 Å². The van der Waals surface area contributed by atoms with Crippen LogP contribution in [0.3, 0.4) is 0 Å². The van der Waals surface area contributed by atoms with Crippen LogP contribution in [0, 0.1) is 0 Å². The Morgan fingerprint density at radius 2 is 2.09 bits per heavy atom. The Balaban J connectivity index is 1.75. The van der Waals surface area contributed by atoms with Crippen LogP contribution < -0.4 is 4.74 Å². The molecule has 1 heterocycles. The van der Waals surface area contributed by atoms with Gasteiger partial charge in [0.05, 0.1) is 7.11 Å². The van der Waals surface area contributed by atoms with Gasteiger partial charge in [-0.15, -0.1) is 0 Å². The first kappa shape index (κ1) is 13.8. The van der Waals surface area contributed by atoms with Crippen LogP contribution in [0.2, 0.25) is 0 Å². The lowest BCUT2D eigenvalue weighted by Crippen LogP contribution is -1.93. The van der Waals surface area contributed by atoms with Gasteiger partial charge in [-0.05, 0) is 47.7 Å². The summed E-state index contributed by atoms with van der Waals surface area (Å²) in [5.74, 6) is 0.845. The van der Waals surface area contributed by atoms with Gasteiger partial charge in [-0.25, -0.2) is 0 Å². The highest BCUT2D eigenvalue weighted by Crippen LogP contribution is 2.35. The number of ether oxygens (including phenoxy) is 1. The van der Waals surface area contributed by atoms with Crippen molar-refractivity contribution in [2.75, 3.05) is 7.11 Å². The molecule has 3 nitrogen and oxygen atoms in total. The van der Waals surface area contributed by atoms with Crippen molar-refractivity contribution in [2.45, 2.75) is 12.8 Å². The Labute approximate surface area is 134 Å². The molecular weight excluding hydrogens is 286 g/mol. The standard InChI is InChI=1S/C20H17NO2/c1-23-16-6-7-20-18(10-16)15(11-21-20)9-14-8-13-4-2-3-5-17(13)19(14)12-22/h2-7,10-12,21H,8-9H2,1H3. The van der Waals surface area contributed by atoms with Gasteiger partial charge in [-0.3, -0.25) is 4.79 Å². The van der Waals surface area contributed by atoms with E-state index in [9.17, 15) is 4.79 Å². The van der Waals surface area contributed by atoms with E-state index in [0.717, 1.165) is 46.9 Å². The quantitative estimate of drug-likeness (QED) is 0.742. The van der Waals surface area contributed by atoms with E-state index in [0.29, 0.717) is 0 Å². The third kappa shape index (κ3) is 2.25. The zero-order chi connectivity index (χ0) is 15.8. The van der Waals surface area contributed by atoms with Crippen LogP contribution in [-0.2, 0) is 17.6 Å². The Bertz CT molecular complexity index is 934. The highest BCUT2D eigenvalue weighted by Gasteiger charge is 2.21. The van der Waals surface area contributed by atoms with Gasteiger partial charge < -0.3 is 9.72 Å². The van der Waals surface area contributed by atoms with Gasteiger partial charge in [0.15, 0.2) is 6.29 Å². The molecule has 0 aliphatic heterocycles. The molecule has 23 heavy (non-hydrogen) atoms. The maximum Gasteiger partial charge on any atom is 0.150 e. The topological polar surface area (TPSA) is 42.1 Å². The summed E-state index contributed by atoms with van der Waals surface area (Å²) in [5, 5.41) is 1.15. The number of methoxy groups -OCH3 is 1. The van der Waals surface area contributed by atoms with Gasteiger partial charge >= 0.3 is 0 Å². The van der Waals surface area contributed by atoms with Crippen molar-refractivity contribution >= 4 is 22.8 Å². The first-order valence-electron chi connectivity index (χ1n) is 7.69. The summed E-state index contributed by atoms with van der Waals surface area (Å²) in [7, 11) is 1.67. The summed E-state index contributed by atoms with van der Waals surface area (Å²) < 4.78 is 5.33. The van der Waals surface area contributed by atoms with Crippen LogP contribution in [0.15, 0.2) is 54.2 Å². The Morgan fingerprint density at radius 3 is 2.91 bits per heavy atom. The molecule has 0 fully saturated rings. The molecule has 0 bridgehead atoms. The van der Waals surface area contributed by atoms with Crippen LogP contribution in [-0.4, -0.2) is 18.4 Å². The van der Waals surface area contributed by atoms with Crippen molar-refractivity contribution in [3.05, 3.63) is 70.9 Å². The van der Waals surface area contributed by atoms with E-state index in [1.54, 1.807) is 7.11 Å². The highest BCUT2D eigenvalue weighted by molar-refractivity contribution is 6.10. The van der Waals surface area contributed by atoms with Crippen molar-refractivity contribution in [3.8, 4) is 5.75 Å². The van der Waals surface area contributed by atoms with E-state index in [4.69, 9.17) is 4.74 Å². The molecule has 0 atom stereocenters. The molecule has 3 aromatic rings. The molecule has 4 rings (SSSR count). The summed E-state index contributed by atoms with van der Waals surface area (Å²) in [5.41, 5.74) is 6.63. The molecule has 0 saturated heterocycles. The molecule has 1 aliphatic rings. The van der Waals surface area contributed by atoms with Crippen LogP contribution >= 0.6 is 0 Å². The summed E-state index contributed by atoms with van der Waals surface area (Å²) >= 11 is 0. The molecule has 2 aromatic carbocycles. The monoisotopic (exact) mass is 303 g/mol. The lowest BCUT2D eigenvalue weighted by molar-refractivity contribution is -0.103. The number of carbonyl (C=O) groups excluding carboxylic acids is 1. The largest absolute Gasteiger partial charge is 0.497 e. The van der Waals surface area contributed by atoms with E-state index in [1.807, 2.05) is 42.6 Å². The molecular formula is C20H17NO2. The molecule has 1 aliphatic carbocycles. The summed E-state index contributed by atoms with van der Waals surface area (Å²) in [6.45, 7) is 0. The SMILES string of the molecule is COc1ccc2[nH]cc(CC3=C(C=O)c4ccccc4C3)c2c1. The minimum absolute atomic E-state index is 0.774. The number of hydrogen-bond acceptors (Lipinski definition) is 2. The second kappa shape index (κ2) is 5.43. The lowest BCUT2D eigenvalue weighted by Gasteiger charge is -2.04. The van der Waals surface area contributed by atoms with Crippen LogP contribution in [0.1, 0.15) is 16.7 Å². The maximum atomic E-state index is 11.6. The second-order valence-electron chi connectivity index (χ2n) is 5.87. The number of H-pyrrole nitrogens is 1. The normalized spacial score (nSPS) is 13.4. The van der Waals surface area contributed by atoms with Crippen LogP contribution in [0.25, 0.3) is 16.5 Å². The van der Waals surface area contributed by atoms with Crippen molar-refractivity contribution in [3.63, 3.8) is 0 Å². The van der Waals surface area contributed by atoms with E-state index in [-0.39, 0.29) is 0 Å². The van der Waals surface area contributed by atoms with Crippen LogP contribution in [0.5, 0.6) is 5.75 Å². The number of rotatable bonds is 4. The van der Waals surface area contributed by atoms with Gasteiger partial charge in [0.25, 0.3) is 0 Å². The fourth-order valence-corrected chi connectivity index (χ4v) is 3.42. The Morgan fingerprint density at radius 1 is 1.22 bits per heavy atom. The molecule has 3 heteroatoms. The Hall–Kier alpha value is -2.81. The molecule has 1 aromatic heterocycles. The smallest absolute Gasteiger partial charge is 0.150 e. The Kier molecular flexibility index (Phi) is 3.27. The van der Waals surface area contributed by atoms with E-state index in [1.165, 1.54) is 16.7 Å². The average Bonchev–Trinajstić information content (AvgIpc) is 3.15. The third-order valence-corrected chi connectivity index (χ3v) is 4.59. The lowest BCUT2D eigenvalue weighted by atomic mass is 10.0. The number of benzene rings is 2. The van der Waals surface area contributed by atoms with Gasteiger partial charge in [-0.2, -0.15) is 0 Å². The van der Waals surface area contributed by atoms with Gasteiger partial charge in [0.2, 0.25) is 0 Å². The number of nitrogens with one attached hydrogen (secondary N) is 1. The van der Waals surface area contributed by atoms with Crippen molar-refractivity contribution < 1.29 is 9.53 Å². The highest BCUT2D eigenvalue weighted by atomic mass is 16.5. The molecule has 0 radical (unpaired) electrons. The fourth-order valence-electron chi connectivity index (χ4n) is 3.42. The summed E-state index contributed by atoms with van der Waals surface area (Å²) in [4.78, 5) is 14.9. The maximum absolute atomic E-state index is 11.6. The molecule has 0 spiro atoms. The number of aromatic amines is 1. The first-order valence-corrected chi connectivity index (χ1v) is 7.69. The van der Waals surface area contributed by atoms with Gasteiger partial charge in [0, 0.05) is 22.7 Å². The van der Waals surface area contributed by atoms with E-state index >= 15 is 0 Å². The second-order valence-corrected chi connectivity index (χ2v) is 5.87. The number of aromatic nitrogens is 1. The number of fused-ring (bicyclic) bond motifs is 2. The molecule has 0 amide bonds. The number of allylic oxidation sites excluding steroid dienone is 2. The van der Waals surface area contributed by atoms with Crippen molar-refractivity contribution in [2.24, 2.45) is 0 Å². The number of aldehydes is 1. The van der Waals surface area contributed by atoms with Gasteiger partial charge in [-0.1, -0.05) is 29.8 Å². The number of carbonyl (C=O) groups is 1. The van der Waals surface area contributed by atoms with Crippen molar-refractivity contribution in [1.82, 2.24) is 4.98 Å². The minimum atomic E-state index is 0.774. The minimum Gasteiger partial charge on any atom is -0.497 e. The van der Waals surface area contributed by atoms with Crippen LogP contribution in [0.4, 0.5) is 0 Å². The molecule has 1 N–H and O–H groups in total. The molecule has 114 valence electrons. The predicted octanol–water partition coefficient (Wildman–Crippen LogP) is 3.93. The average molecular weight is 303 g/mol. The van der Waals surface area contributed by atoms with Gasteiger partial charge in [0.1, 0.15) is 5.75 Å². The zero-order valence-corrected chi connectivity index (χ0v) is 12.9. The first-order chi connectivity index (χ1) is 11.3.